The van der Waals surface area contributed by atoms with Crippen molar-refractivity contribution in [3.63, 3.8) is 0 Å². The van der Waals surface area contributed by atoms with Crippen molar-refractivity contribution in [3.8, 4) is 0 Å². The zero-order chi connectivity index (χ0) is 19.7. The molecule has 1 amide bonds. The van der Waals surface area contributed by atoms with E-state index in [0.717, 1.165) is 43.4 Å². The first kappa shape index (κ1) is 18.1. The van der Waals surface area contributed by atoms with Crippen molar-refractivity contribution in [2.24, 2.45) is 0 Å². The molecule has 29 heavy (non-hydrogen) atoms. The van der Waals surface area contributed by atoms with Crippen molar-refractivity contribution < 1.29 is 4.79 Å². The van der Waals surface area contributed by atoms with Crippen LogP contribution in [0.2, 0.25) is 0 Å². The van der Waals surface area contributed by atoms with Gasteiger partial charge in [-0.25, -0.2) is 0 Å². The predicted molar refractivity (Wildman–Crippen MR) is 117 cm³/mol. The van der Waals surface area contributed by atoms with E-state index in [1.54, 1.807) is 6.20 Å². The molecule has 4 heteroatoms. The third kappa shape index (κ3) is 3.45. The summed E-state index contributed by atoms with van der Waals surface area (Å²) in [7, 11) is 0. The fraction of sp³-hybridized carbons (Fsp3) is 0.280. The van der Waals surface area contributed by atoms with E-state index in [1.807, 2.05) is 30.3 Å². The number of hydrogen-bond donors (Lipinski definition) is 1. The molecular weight excluding hydrogens is 358 g/mol. The Hall–Kier alpha value is -2.98. The fourth-order valence-corrected chi connectivity index (χ4v) is 4.67. The number of hydrogen-bond acceptors (Lipinski definition) is 3. The zero-order valence-corrected chi connectivity index (χ0v) is 16.5. The normalized spacial score (nSPS) is 17.5. The van der Waals surface area contributed by atoms with Gasteiger partial charge in [0.1, 0.15) is 0 Å². The monoisotopic (exact) mass is 383 g/mol. The molecule has 1 fully saturated rings. The van der Waals surface area contributed by atoms with Gasteiger partial charge in [-0.2, -0.15) is 0 Å². The Balaban J connectivity index is 1.14. The van der Waals surface area contributed by atoms with E-state index in [9.17, 15) is 4.79 Å². The van der Waals surface area contributed by atoms with Gasteiger partial charge in [0, 0.05) is 30.1 Å². The number of nitrogens with one attached hydrogen (secondary N) is 1. The van der Waals surface area contributed by atoms with Gasteiger partial charge in [-0.15, -0.1) is 0 Å². The fourth-order valence-electron chi connectivity index (χ4n) is 4.67. The number of aromatic nitrogens is 1. The molecule has 5 rings (SSSR count). The first-order chi connectivity index (χ1) is 14.2. The molecule has 1 aliphatic heterocycles. The summed E-state index contributed by atoms with van der Waals surface area (Å²) in [6.07, 6.45) is 8.63. The minimum absolute atomic E-state index is 0.0515. The minimum Gasteiger partial charge on any atom is -0.351 e. The number of nitrogens with zero attached hydrogens (tertiary/aromatic N) is 2. The number of benzene rings is 2. The maximum absolute atomic E-state index is 12.5. The molecule has 0 atom stereocenters. The number of carbonyl (C=O) groups excluding carboxylic acids is 1. The highest BCUT2D eigenvalue weighted by atomic mass is 16.1. The highest BCUT2D eigenvalue weighted by molar-refractivity contribution is 5.97. The Morgan fingerprint density at radius 3 is 2.76 bits per heavy atom. The smallest absolute Gasteiger partial charge is 0.252 e. The van der Waals surface area contributed by atoms with Gasteiger partial charge in [0.2, 0.25) is 0 Å². The van der Waals surface area contributed by atoms with Crippen molar-refractivity contribution in [2.45, 2.75) is 18.3 Å². The topological polar surface area (TPSA) is 45.2 Å². The van der Waals surface area contributed by atoms with Crippen LogP contribution in [-0.2, 0) is 5.41 Å². The molecule has 2 aromatic carbocycles. The van der Waals surface area contributed by atoms with E-state index in [-0.39, 0.29) is 11.3 Å². The summed E-state index contributed by atoms with van der Waals surface area (Å²) in [5, 5.41) is 4.05. The molecule has 0 radical (unpaired) electrons. The maximum atomic E-state index is 12.5. The van der Waals surface area contributed by atoms with Crippen LogP contribution < -0.4 is 5.32 Å². The summed E-state index contributed by atoms with van der Waals surface area (Å²) in [5.74, 6) is -0.0515. The second-order valence-electron chi connectivity index (χ2n) is 8.09. The van der Waals surface area contributed by atoms with Crippen LogP contribution in [0.15, 0.2) is 66.9 Å². The van der Waals surface area contributed by atoms with Gasteiger partial charge in [0.25, 0.3) is 5.91 Å². The van der Waals surface area contributed by atoms with Crippen LogP contribution in [0.1, 0.15) is 34.3 Å². The Morgan fingerprint density at radius 1 is 1.07 bits per heavy atom. The Bertz CT molecular complexity index is 1080. The molecule has 0 saturated carbocycles. The van der Waals surface area contributed by atoms with Crippen LogP contribution >= 0.6 is 0 Å². The van der Waals surface area contributed by atoms with Crippen molar-refractivity contribution in [1.29, 1.82) is 0 Å². The van der Waals surface area contributed by atoms with E-state index in [1.165, 1.54) is 11.1 Å². The SMILES string of the molecule is O=C(NCCN1CCC2(C=Cc3ccccc32)CC1)c1cnc2ccccc2c1. The summed E-state index contributed by atoms with van der Waals surface area (Å²) in [6.45, 7) is 3.66. The lowest BCUT2D eigenvalue weighted by molar-refractivity contribution is 0.0943. The number of carbonyl (C=O) groups is 1. The number of para-hydroxylation sites is 1. The minimum atomic E-state index is -0.0515. The molecule has 2 aliphatic rings. The quantitative estimate of drug-likeness (QED) is 0.740. The maximum Gasteiger partial charge on any atom is 0.252 e. The summed E-state index contributed by atoms with van der Waals surface area (Å²) >= 11 is 0. The molecule has 1 aliphatic carbocycles. The summed E-state index contributed by atoms with van der Waals surface area (Å²) in [4.78, 5) is 19.3. The molecule has 1 saturated heterocycles. The number of rotatable bonds is 4. The van der Waals surface area contributed by atoms with Crippen LogP contribution in [0.25, 0.3) is 17.0 Å². The molecule has 4 nitrogen and oxygen atoms in total. The highest BCUT2D eigenvalue weighted by Crippen LogP contribution is 2.43. The molecule has 0 bridgehead atoms. The molecule has 146 valence electrons. The second-order valence-corrected chi connectivity index (χ2v) is 8.09. The van der Waals surface area contributed by atoms with Crippen molar-refractivity contribution >= 4 is 22.9 Å². The first-order valence-electron chi connectivity index (χ1n) is 10.4. The lowest BCUT2D eigenvalue weighted by Crippen LogP contribution is -2.44. The standard InChI is InChI=1S/C25H25N3O/c29-24(21-17-20-6-2-4-8-23(20)27-18-21)26-13-16-28-14-11-25(12-15-28)10-9-19-5-1-3-7-22(19)25/h1-10,17-18H,11-16H2,(H,26,29). The molecular formula is C25H25N3O. The number of piperidine rings is 1. The number of pyridine rings is 1. The van der Waals surface area contributed by atoms with Gasteiger partial charge in [-0.05, 0) is 49.2 Å². The van der Waals surface area contributed by atoms with Crippen LogP contribution in [0.4, 0.5) is 0 Å². The third-order valence-corrected chi connectivity index (χ3v) is 6.39. The Labute approximate surface area is 171 Å². The van der Waals surface area contributed by atoms with Gasteiger partial charge in [-0.1, -0.05) is 54.6 Å². The average molecular weight is 383 g/mol. The third-order valence-electron chi connectivity index (χ3n) is 6.39. The van der Waals surface area contributed by atoms with Gasteiger partial charge in [0.15, 0.2) is 0 Å². The van der Waals surface area contributed by atoms with E-state index in [0.29, 0.717) is 12.1 Å². The lowest BCUT2D eigenvalue weighted by Gasteiger charge is -2.39. The molecule has 1 spiro atoms. The largest absolute Gasteiger partial charge is 0.351 e. The van der Waals surface area contributed by atoms with Gasteiger partial charge >= 0.3 is 0 Å². The average Bonchev–Trinajstić information content (AvgIpc) is 3.13. The Kier molecular flexibility index (Phi) is 4.64. The van der Waals surface area contributed by atoms with E-state index in [2.05, 4.69) is 51.6 Å². The number of fused-ring (bicyclic) bond motifs is 3. The predicted octanol–water partition coefficient (Wildman–Crippen LogP) is 4.03. The van der Waals surface area contributed by atoms with Gasteiger partial charge in [0.05, 0.1) is 11.1 Å². The molecule has 1 aromatic heterocycles. The van der Waals surface area contributed by atoms with Crippen molar-refractivity contribution in [2.75, 3.05) is 26.2 Å². The van der Waals surface area contributed by atoms with E-state index < -0.39 is 0 Å². The highest BCUT2D eigenvalue weighted by Gasteiger charge is 2.37. The summed E-state index contributed by atoms with van der Waals surface area (Å²) in [6, 6.07) is 18.5. The molecule has 0 unspecified atom stereocenters. The second kappa shape index (κ2) is 7.45. The lowest BCUT2D eigenvalue weighted by atomic mass is 9.74. The number of likely N-dealkylation sites (tertiary alicyclic amines) is 1. The van der Waals surface area contributed by atoms with Gasteiger partial charge < -0.3 is 10.2 Å². The molecule has 1 N–H and O–H groups in total. The van der Waals surface area contributed by atoms with Crippen molar-refractivity contribution in [3.05, 3.63) is 83.6 Å². The van der Waals surface area contributed by atoms with Crippen LogP contribution in [0.3, 0.4) is 0 Å². The van der Waals surface area contributed by atoms with E-state index >= 15 is 0 Å². The van der Waals surface area contributed by atoms with Crippen LogP contribution in [0.5, 0.6) is 0 Å². The first-order valence-corrected chi connectivity index (χ1v) is 10.4. The zero-order valence-electron chi connectivity index (χ0n) is 16.5. The summed E-state index contributed by atoms with van der Waals surface area (Å²) < 4.78 is 0. The van der Waals surface area contributed by atoms with Crippen molar-refractivity contribution in [1.82, 2.24) is 15.2 Å². The molecule has 2 heterocycles. The van der Waals surface area contributed by atoms with Gasteiger partial charge in [-0.3, -0.25) is 9.78 Å². The number of amides is 1. The van der Waals surface area contributed by atoms with Crippen LogP contribution in [-0.4, -0.2) is 42.0 Å². The number of allylic oxidation sites excluding steroid dienone is 1. The Morgan fingerprint density at radius 2 is 1.86 bits per heavy atom. The molecule has 3 aromatic rings. The van der Waals surface area contributed by atoms with E-state index in [4.69, 9.17) is 0 Å². The van der Waals surface area contributed by atoms with Crippen LogP contribution in [0, 0.1) is 0 Å². The summed E-state index contributed by atoms with van der Waals surface area (Å²) in [5.41, 5.74) is 4.60.